The number of carbonyl (C=O) groups is 1. The lowest BCUT2D eigenvalue weighted by molar-refractivity contribution is 0.102. The van der Waals surface area contributed by atoms with Crippen molar-refractivity contribution in [2.45, 2.75) is 13.3 Å². The van der Waals surface area contributed by atoms with Gasteiger partial charge in [0.25, 0.3) is 5.91 Å². The van der Waals surface area contributed by atoms with Crippen molar-refractivity contribution in [3.8, 4) is 17.2 Å². The third kappa shape index (κ3) is 4.89. The number of hydrogen-bond acceptors (Lipinski definition) is 6. The minimum Gasteiger partial charge on any atom is -0.496 e. The molecule has 29 heavy (non-hydrogen) atoms. The predicted octanol–water partition coefficient (Wildman–Crippen LogP) is 5.08. The molecule has 0 fully saturated rings. The van der Waals surface area contributed by atoms with Crippen LogP contribution >= 0.6 is 27.3 Å². The van der Waals surface area contributed by atoms with Crippen molar-refractivity contribution in [2.24, 2.45) is 0 Å². The van der Waals surface area contributed by atoms with Crippen LogP contribution in [0, 0.1) is 6.92 Å². The molecule has 1 aromatic heterocycles. The zero-order valence-electron chi connectivity index (χ0n) is 16.5. The summed E-state index contributed by atoms with van der Waals surface area (Å²) in [6.07, 6.45) is 2.53. The van der Waals surface area contributed by atoms with E-state index >= 15 is 0 Å². The molecular weight excluding hydrogens is 456 g/mol. The Bertz CT molecular complexity index is 1040. The van der Waals surface area contributed by atoms with Crippen LogP contribution in [0.15, 0.2) is 41.0 Å². The third-order valence-corrected chi connectivity index (χ3v) is 6.13. The fourth-order valence-electron chi connectivity index (χ4n) is 2.84. The standard InChI is InChI=1S/C21H21BrN2O4S/c1-12-7-13(5-6-16(12)22)8-14-11-23-21(29-14)24-20(25)15-9-18(27-3)19(28-4)10-17(15)26-2/h5-7,9-11H,8H2,1-4H3,(H,23,24,25). The van der Waals surface area contributed by atoms with E-state index in [0.717, 1.165) is 15.8 Å². The van der Waals surface area contributed by atoms with Crippen molar-refractivity contribution in [3.63, 3.8) is 0 Å². The van der Waals surface area contributed by atoms with E-state index in [4.69, 9.17) is 14.2 Å². The van der Waals surface area contributed by atoms with Gasteiger partial charge in [0.15, 0.2) is 16.6 Å². The minimum absolute atomic E-state index is 0.330. The first kappa shape index (κ1) is 21.1. The van der Waals surface area contributed by atoms with Crippen LogP contribution in [0.3, 0.4) is 0 Å². The van der Waals surface area contributed by atoms with Gasteiger partial charge in [-0.05, 0) is 24.1 Å². The number of ether oxygens (including phenoxy) is 3. The monoisotopic (exact) mass is 476 g/mol. The molecule has 0 spiro atoms. The fourth-order valence-corrected chi connectivity index (χ4v) is 3.92. The van der Waals surface area contributed by atoms with Gasteiger partial charge < -0.3 is 14.2 Å². The molecule has 1 heterocycles. The van der Waals surface area contributed by atoms with Crippen molar-refractivity contribution >= 4 is 38.3 Å². The summed E-state index contributed by atoms with van der Waals surface area (Å²) in [5.74, 6) is 0.997. The lowest BCUT2D eigenvalue weighted by Gasteiger charge is -2.13. The van der Waals surface area contributed by atoms with Crippen LogP contribution in [0.4, 0.5) is 5.13 Å². The number of rotatable bonds is 7. The number of aromatic nitrogens is 1. The number of anilines is 1. The fraction of sp³-hybridized carbons (Fsp3) is 0.238. The second kappa shape index (κ2) is 9.28. The van der Waals surface area contributed by atoms with Crippen LogP contribution in [0.1, 0.15) is 26.4 Å². The first-order valence-corrected chi connectivity index (χ1v) is 10.4. The van der Waals surface area contributed by atoms with Gasteiger partial charge in [-0.25, -0.2) is 4.98 Å². The lowest BCUT2D eigenvalue weighted by atomic mass is 10.1. The van der Waals surface area contributed by atoms with Crippen LogP contribution in [-0.4, -0.2) is 32.2 Å². The summed E-state index contributed by atoms with van der Waals surface area (Å²) < 4.78 is 17.0. The summed E-state index contributed by atoms with van der Waals surface area (Å²) in [5.41, 5.74) is 2.71. The number of amides is 1. The molecule has 0 atom stereocenters. The Morgan fingerprint density at radius 3 is 2.41 bits per heavy atom. The van der Waals surface area contributed by atoms with Gasteiger partial charge in [0.05, 0.1) is 26.9 Å². The summed E-state index contributed by atoms with van der Waals surface area (Å²) in [4.78, 5) is 18.2. The number of benzene rings is 2. The summed E-state index contributed by atoms with van der Waals surface area (Å²) in [5, 5.41) is 3.36. The number of carbonyl (C=O) groups excluding carboxylic acids is 1. The van der Waals surface area contributed by atoms with Gasteiger partial charge >= 0.3 is 0 Å². The molecule has 0 aliphatic heterocycles. The Kier molecular flexibility index (Phi) is 6.76. The normalized spacial score (nSPS) is 10.5. The van der Waals surface area contributed by atoms with E-state index in [0.29, 0.717) is 27.9 Å². The molecule has 1 amide bonds. The van der Waals surface area contributed by atoms with Crippen molar-refractivity contribution in [2.75, 3.05) is 26.6 Å². The largest absolute Gasteiger partial charge is 0.496 e. The Balaban J connectivity index is 1.77. The highest BCUT2D eigenvalue weighted by molar-refractivity contribution is 9.10. The highest BCUT2D eigenvalue weighted by Crippen LogP contribution is 2.35. The van der Waals surface area contributed by atoms with Gasteiger partial charge in [-0.15, -0.1) is 11.3 Å². The maximum atomic E-state index is 12.8. The second-order valence-electron chi connectivity index (χ2n) is 6.25. The van der Waals surface area contributed by atoms with Gasteiger partial charge in [0, 0.05) is 34.1 Å². The number of nitrogens with zero attached hydrogens (tertiary/aromatic N) is 1. The molecule has 3 rings (SSSR count). The molecule has 152 valence electrons. The molecule has 6 nitrogen and oxygen atoms in total. The number of aryl methyl sites for hydroxylation is 1. The van der Waals surface area contributed by atoms with Gasteiger partial charge in [0.1, 0.15) is 5.75 Å². The van der Waals surface area contributed by atoms with Gasteiger partial charge in [-0.1, -0.05) is 28.1 Å². The number of nitrogens with one attached hydrogen (secondary N) is 1. The van der Waals surface area contributed by atoms with Crippen molar-refractivity contribution in [3.05, 3.63) is 62.6 Å². The average Bonchev–Trinajstić information content (AvgIpc) is 3.16. The predicted molar refractivity (Wildman–Crippen MR) is 118 cm³/mol. The zero-order chi connectivity index (χ0) is 21.0. The molecule has 0 bridgehead atoms. The van der Waals surface area contributed by atoms with Crippen LogP contribution in [-0.2, 0) is 6.42 Å². The maximum Gasteiger partial charge on any atom is 0.261 e. The molecule has 0 aliphatic rings. The number of hydrogen-bond donors (Lipinski definition) is 1. The van der Waals surface area contributed by atoms with Crippen LogP contribution < -0.4 is 19.5 Å². The van der Waals surface area contributed by atoms with E-state index < -0.39 is 0 Å². The van der Waals surface area contributed by atoms with E-state index in [2.05, 4.69) is 45.3 Å². The minimum atomic E-state index is -0.330. The molecular formula is C21H21BrN2O4S. The lowest BCUT2D eigenvalue weighted by Crippen LogP contribution is -2.13. The Labute approximate surface area is 182 Å². The van der Waals surface area contributed by atoms with E-state index in [9.17, 15) is 4.79 Å². The number of halogens is 1. The number of thiazole rings is 1. The van der Waals surface area contributed by atoms with E-state index in [1.165, 1.54) is 43.8 Å². The Hall–Kier alpha value is -2.58. The summed E-state index contributed by atoms with van der Waals surface area (Å²) in [6.45, 7) is 2.06. The second-order valence-corrected chi connectivity index (χ2v) is 8.22. The van der Waals surface area contributed by atoms with Crippen LogP contribution in [0.25, 0.3) is 0 Å². The Morgan fingerprint density at radius 2 is 1.76 bits per heavy atom. The smallest absolute Gasteiger partial charge is 0.261 e. The molecule has 0 radical (unpaired) electrons. The Morgan fingerprint density at radius 1 is 1.07 bits per heavy atom. The highest BCUT2D eigenvalue weighted by atomic mass is 79.9. The first-order valence-electron chi connectivity index (χ1n) is 8.76. The van der Waals surface area contributed by atoms with E-state index in [1.54, 1.807) is 18.3 Å². The zero-order valence-corrected chi connectivity index (χ0v) is 18.9. The highest BCUT2D eigenvalue weighted by Gasteiger charge is 2.19. The topological polar surface area (TPSA) is 69.7 Å². The molecule has 0 unspecified atom stereocenters. The van der Waals surface area contributed by atoms with E-state index in [1.807, 2.05) is 6.07 Å². The molecule has 0 aliphatic carbocycles. The molecule has 8 heteroatoms. The van der Waals surface area contributed by atoms with Crippen LogP contribution in [0.5, 0.6) is 17.2 Å². The van der Waals surface area contributed by atoms with Crippen molar-refractivity contribution in [1.82, 2.24) is 4.98 Å². The first-order chi connectivity index (χ1) is 13.9. The summed E-state index contributed by atoms with van der Waals surface area (Å²) in [6, 6.07) is 9.46. The van der Waals surface area contributed by atoms with Crippen LogP contribution in [0.2, 0.25) is 0 Å². The maximum absolute atomic E-state index is 12.8. The third-order valence-electron chi connectivity index (χ3n) is 4.33. The van der Waals surface area contributed by atoms with Crippen molar-refractivity contribution < 1.29 is 19.0 Å². The van der Waals surface area contributed by atoms with Gasteiger partial charge in [-0.2, -0.15) is 0 Å². The molecule has 1 N–H and O–H groups in total. The molecule has 0 saturated carbocycles. The summed E-state index contributed by atoms with van der Waals surface area (Å²) >= 11 is 4.96. The average molecular weight is 477 g/mol. The van der Waals surface area contributed by atoms with E-state index in [-0.39, 0.29) is 5.91 Å². The van der Waals surface area contributed by atoms with Gasteiger partial charge in [-0.3, -0.25) is 10.1 Å². The molecule has 0 saturated heterocycles. The van der Waals surface area contributed by atoms with Gasteiger partial charge in [0.2, 0.25) is 0 Å². The summed E-state index contributed by atoms with van der Waals surface area (Å²) in [7, 11) is 4.55. The quantitative estimate of drug-likeness (QED) is 0.514. The molecule has 3 aromatic rings. The van der Waals surface area contributed by atoms with Crippen molar-refractivity contribution in [1.29, 1.82) is 0 Å². The SMILES string of the molecule is COc1cc(OC)c(C(=O)Nc2ncc(Cc3ccc(Br)c(C)c3)s2)cc1OC. The number of methoxy groups -OCH3 is 3. The molecule has 2 aromatic carbocycles.